The summed E-state index contributed by atoms with van der Waals surface area (Å²) in [6.45, 7) is 11.6. The Morgan fingerprint density at radius 1 is 1.31 bits per heavy atom. The van der Waals surface area contributed by atoms with E-state index in [0.29, 0.717) is 18.0 Å². The summed E-state index contributed by atoms with van der Waals surface area (Å²) < 4.78 is 0. The van der Waals surface area contributed by atoms with Crippen molar-refractivity contribution >= 4 is 28.5 Å². The zero-order chi connectivity index (χ0) is 19.7. The third-order valence-electron chi connectivity index (χ3n) is 3.96. The average Bonchev–Trinajstić information content (AvgIpc) is 2.98. The molecule has 148 valence electrons. The van der Waals surface area contributed by atoms with E-state index in [1.165, 1.54) is 11.3 Å². The molecule has 0 saturated carbocycles. The second kappa shape index (κ2) is 10.5. The van der Waals surface area contributed by atoms with Crippen LogP contribution < -0.4 is 16.0 Å². The SMILES string of the molecule is CCCC(NC(=O)O)C(=O)Nc1ncc(C(CC)NCCC(C)(C)C)s1. The van der Waals surface area contributed by atoms with E-state index in [2.05, 4.69) is 48.6 Å². The van der Waals surface area contributed by atoms with Crippen LogP contribution in [0.15, 0.2) is 6.20 Å². The van der Waals surface area contributed by atoms with Crippen molar-refractivity contribution in [2.45, 2.75) is 72.4 Å². The largest absolute Gasteiger partial charge is 0.465 e. The zero-order valence-corrected chi connectivity index (χ0v) is 17.2. The third-order valence-corrected chi connectivity index (χ3v) is 4.99. The standard InChI is InChI=1S/C18H32N4O3S/c1-6-8-13(21-17(24)25)15(23)22-16-20-11-14(26-16)12(7-2)19-10-9-18(3,4)5/h11-13,19,21H,6-10H2,1-5H3,(H,24,25)(H,20,22,23). The van der Waals surface area contributed by atoms with E-state index in [4.69, 9.17) is 5.11 Å². The first-order chi connectivity index (χ1) is 12.2. The molecule has 1 heterocycles. The topological polar surface area (TPSA) is 103 Å². The van der Waals surface area contributed by atoms with Crippen molar-refractivity contribution < 1.29 is 14.7 Å². The van der Waals surface area contributed by atoms with E-state index in [-0.39, 0.29) is 17.4 Å². The molecule has 2 amide bonds. The number of anilines is 1. The van der Waals surface area contributed by atoms with Gasteiger partial charge >= 0.3 is 6.09 Å². The highest BCUT2D eigenvalue weighted by molar-refractivity contribution is 7.15. The summed E-state index contributed by atoms with van der Waals surface area (Å²) in [6, 6.07) is -0.569. The first-order valence-electron chi connectivity index (χ1n) is 9.15. The lowest BCUT2D eigenvalue weighted by Gasteiger charge is -2.21. The van der Waals surface area contributed by atoms with E-state index in [1.807, 2.05) is 6.92 Å². The number of aromatic nitrogens is 1. The summed E-state index contributed by atoms with van der Waals surface area (Å²) >= 11 is 1.43. The van der Waals surface area contributed by atoms with Crippen LogP contribution >= 0.6 is 11.3 Å². The number of nitrogens with one attached hydrogen (secondary N) is 3. The van der Waals surface area contributed by atoms with E-state index < -0.39 is 12.1 Å². The Bertz CT molecular complexity index is 583. The average molecular weight is 385 g/mol. The third kappa shape index (κ3) is 8.14. The Balaban J connectivity index is 2.66. The summed E-state index contributed by atoms with van der Waals surface area (Å²) in [5, 5.41) is 17.9. The molecule has 0 fully saturated rings. The first-order valence-corrected chi connectivity index (χ1v) is 9.97. The van der Waals surface area contributed by atoms with Crippen LogP contribution in [0.25, 0.3) is 0 Å². The van der Waals surface area contributed by atoms with Gasteiger partial charge in [0.1, 0.15) is 6.04 Å². The minimum absolute atomic E-state index is 0.198. The van der Waals surface area contributed by atoms with E-state index in [0.717, 1.165) is 24.3 Å². The molecule has 7 nitrogen and oxygen atoms in total. The number of carboxylic acid groups (broad SMARTS) is 1. The van der Waals surface area contributed by atoms with E-state index >= 15 is 0 Å². The van der Waals surface area contributed by atoms with Crippen LogP contribution in [0.4, 0.5) is 9.93 Å². The number of carbonyl (C=O) groups is 2. The molecule has 2 atom stereocenters. The molecule has 0 spiro atoms. The van der Waals surface area contributed by atoms with Gasteiger partial charge in [0, 0.05) is 17.1 Å². The fourth-order valence-electron chi connectivity index (χ4n) is 2.47. The molecule has 0 aliphatic rings. The highest BCUT2D eigenvalue weighted by atomic mass is 32.1. The molecule has 0 aliphatic heterocycles. The minimum atomic E-state index is -1.20. The van der Waals surface area contributed by atoms with Crippen molar-refractivity contribution in [3.63, 3.8) is 0 Å². The number of carbonyl (C=O) groups excluding carboxylic acids is 1. The molecule has 26 heavy (non-hydrogen) atoms. The predicted octanol–water partition coefficient (Wildman–Crippen LogP) is 3.99. The second-order valence-electron chi connectivity index (χ2n) is 7.57. The Labute approximate surface area is 160 Å². The maximum absolute atomic E-state index is 12.3. The molecule has 0 aliphatic carbocycles. The minimum Gasteiger partial charge on any atom is -0.465 e. The summed E-state index contributed by atoms with van der Waals surface area (Å²) in [6.07, 6.45) is 3.73. The van der Waals surface area contributed by atoms with Crippen molar-refractivity contribution in [3.8, 4) is 0 Å². The van der Waals surface area contributed by atoms with Gasteiger partial charge in [0.25, 0.3) is 0 Å². The van der Waals surface area contributed by atoms with Gasteiger partial charge in [-0.3, -0.25) is 4.79 Å². The molecule has 1 rings (SSSR count). The number of thiazole rings is 1. The van der Waals surface area contributed by atoms with Crippen molar-refractivity contribution in [3.05, 3.63) is 11.1 Å². The lowest BCUT2D eigenvalue weighted by Crippen LogP contribution is -2.43. The Morgan fingerprint density at radius 2 is 2.00 bits per heavy atom. The number of amides is 2. The Morgan fingerprint density at radius 3 is 2.54 bits per heavy atom. The highest BCUT2D eigenvalue weighted by Gasteiger charge is 2.21. The fraction of sp³-hybridized carbons (Fsp3) is 0.722. The van der Waals surface area contributed by atoms with Crippen LogP contribution in [0.3, 0.4) is 0 Å². The molecule has 0 aromatic carbocycles. The number of hydrogen-bond acceptors (Lipinski definition) is 5. The summed E-state index contributed by atoms with van der Waals surface area (Å²) in [4.78, 5) is 28.5. The van der Waals surface area contributed by atoms with Crippen molar-refractivity contribution in [1.82, 2.24) is 15.6 Å². The number of rotatable bonds is 10. The van der Waals surface area contributed by atoms with Crippen molar-refractivity contribution in [2.75, 3.05) is 11.9 Å². The molecule has 0 radical (unpaired) electrons. The number of hydrogen-bond donors (Lipinski definition) is 4. The predicted molar refractivity (Wildman–Crippen MR) is 106 cm³/mol. The summed E-state index contributed by atoms with van der Waals surface area (Å²) in [7, 11) is 0. The van der Waals surface area contributed by atoms with Gasteiger partial charge in [-0.15, -0.1) is 11.3 Å². The van der Waals surface area contributed by atoms with Crippen LogP contribution in [0.5, 0.6) is 0 Å². The molecule has 4 N–H and O–H groups in total. The van der Waals surface area contributed by atoms with Gasteiger partial charge < -0.3 is 21.1 Å². The normalized spacial score (nSPS) is 13.9. The van der Waals surface area contributed by atoms with Gasteiger partial charge in [-0.1, -0.05) is 41.0 Å². The molecular formula is C18H32N4O3S. The molecule has 1 aromatic rings. The smallest absolute Gasteiger partial charge is 0.405 e. The lowest BCUT2D eigenvalue weighted by atomic mass is 9.92. The molecule has 0 bridgehead atoms. The Kier molecular flexibility index (Phi) is 9.01. The van der Waals surface area contributed by atoms with Gasteiger partial charge in [-0.2, -0.15) is 0 Å². The zero-order valence-electron chi connectivity index (χ0n) is 16.4. The second-order valence-corrected chi connectivity index (χ2v) is 8.64. The molecule has 0 saturated heterocycles. The molecule has 8 heteroatoms. The van der Waals surface area contributed by atoms with E-state index in [1.54, 1.807) is 6.20 Å². The van der Waals surface area contributed by atoms with Crippen molar-refractivity contribution in [1.29, 1.82) is 0 Å². The van der Waals surface area contributed by atoms with E-state index in [9.17, 15) is 9.59 Å². The molecule has 1 aromatic heterocycles. The first kappa shape index (κ1) is 22.4. The van der Waals surface area contributed by atoms with Crippen LogP contribution in [-0.4, -0.2) is 34.7 Å². The fourth-order valence-corrected chi connectivity index (χ4v) is 3.45. The quantitative estimate of drug-likeness (QED) is 0.488. The summed E-state index contributed by atoms with van der Waals surface area (Å²) in [5.74, 6) is -0.371. The lowest BCUT2D eigenvalue weighted by molar-refractivity contribution is -0.118. The molecular weight excluding hydrogens is 352 g/mol. The summed E-state index contributed by atoms with van der Waals surface area (Å²) in [5.41, 5.74) is 0.281. The molecule has 2 unspecified atom stereocenters. The van der Waals surface area contributed by atoms with Crippen LogP contribution in [0.1, 0.15) is 71.2 Å². The van der Waals surface area contributed by atoms with Gasteiger partial charge in [0.2, 0.25) is 5.91 Å². The maximum Gasteiger partial charge on any atom is 0.405 e. The van der Waals surface area contributed by atoms with Crippen LogP contribution in [-0.2, 0) is 4.79 Å². The van der Waals surface area contributed by atoms with Gasteiger partial charge in [0.05, 0.1) is 0 Å². The number of nitrogens with zero attached hydrogens (tertiary/aromatic N) is 1. The van der Waals surface area contributed by atoms with Gasteiger partial charge in [0.15, 0.2) is 5.13 Å². The maximum atomic E-state index is 12.3. The van der Waals surface area contributed by atoms with Gasteiger partial charge in [-0.25, -0.2) is 9.78 Å². The van der Waals surface area contributed by atoms with Crippen LogP contribution in [0.2, 0.25) is 0 Å². The Hall–Kier alpha value is -1.67. The van der Waals surface area contributed by atoms with Crippen LogP contribution in [0, 0.1) is 5.41 Å². The van der Waals surface area contributed by atoms with Crippen molar-refractivity contribution in [2.24, 2.45) is 5.41 Å². The highest BCUT2D eigenvalue weighted by Crippen LogP contribution is 2.27. The van der Waals surface area contributed by atoms with Gasteiger partial charge in [-0.05, 0) is 31.2 Å². The monoisotopic (exact) mass is 384 g/mol.